The number of hydrazine groups is 1. The highest BCUT2D eigenvalue weighted by atomic mass is 16.2. The van der Waals surface area contributed by atoms with Gasteiger partial charge < -0.3 is 0 Å². The van der Waals surface area contributed by atoms with E-state index in [1.54, 1.807) is 0 Å². The Bertz CT molecular complexity index is 423. The molecule has 2 rings (SSSR count). The van der Waals surface area contributed by atoms with Crippen molar-refractivity contribution in [2.75, 3.05) is 0 Å². The van der Waals surface area contributed by atoms with Crippen molar-refractivity contribution in [3.05, 3.63) is 35.9 Å². The van der Waals surface area contributed by atoms with Crippen LogP contribution in [-0.4, -0.2) is 5.91 Å². The summed E-state index contributed by atoms with van der Waals surface area (Å²) in [7, 11) is 0. The third-order valence-corrected chi connectivity index (χ3v) is 2.79. The van der Waals surface area contributed by atoms with Gasteiger partial charge in [0.05, 0.1) is 11.6 Å². The van der Waals surface area contributed by atoms with E-state index in [0.717, 1.165) is 5.56 Å². The molecule has 15 heavy (non-hydrogen) atoms. The van der Waals surface area contributed by atoms with Gasteiger partial charge in [0.2, 0.25) is 0 Å². The Morgan fingerprint density at radius 2 is 2.07 bits per heavy atom. The fourth-order valence-corrected chi connectivity index (χ4v) is 1.81. The highest BCUT2D eigenvalue weighted by Gasteiger charge is 2.46. The van der Waals surface area contributed by atoms with Crippen molar-refractivity contribution in [3.8, 4) is 6.07 Å². The van der Waals surface area contributed by atoms with Crippen LogP contribution in [0.15, 0.2) is 30.3 Å². The number of carbonyl (C=O) groups excluding carboxylic acids is 1. The summed E-state index contributed by atoms with van der Waals surface area (Å²) >= 11 is 0. The maximum Gasteiger partial charge on any atom is 0.253 e. The van der Waals surface area contributed by atoms with Gasteiger partial charge >= 0.3 is 0 Å². The topological polar surface area (TPSA) is 64.9 Å². The molecule has 76 valence electrons. The number of nitriles is 1. The molecule has 2 unspecified atom stereocenters. The van der Waals surface area contributed by atoms with Crippen LogP contribution in [0.5, 0.6) is 0 Å². The SMILES string of the molecule is CC1(c2ccccc2)NNC(=O)C1C#N. The van der Waals surface area contributed by atoms with Crippen LogP contribution in [0.25, 0.3) is 0 Å². The summed E-state index contributed by atoms with van der Waals surface area (Å²) in [5.74, 6) is -0.969. The molecule has 1 heterocycles. The molecule has 0 aliphatic carbocycles. The predicted octanol–water partition coefficient (Wildman–Crippen LogP) is 0.676. The van der Waals surface area contributed by atoms with Gasteiger partial charge in [-0.15, -0.1) is 0 Å². The lowest BCUT2D eigenvalue weighted by Crippen LogP contribution is -2.41. The van der Waals surface area contributed by atoms with E-state index in [0.29, 0.717) is 0 Å². The minimum Gasteiger partial charge on any atom is -0.289 e. The summed E-state index contributed by atoms with van der Waals surface area (Å²) in [6, 6.07) is 11.5. The van der Waals surface area contributed by atoms with E-state index < -0.39 is 11.5 Å². The molecular weight excluding hydrogens is 190 g/mol. The molecule has 1 amide bonds. The Hall–Kier alpha value is -1.86. The molecule has 1 fully saturated rings. The van der Waals surface area contributed by atoms with E-state index in [1.165, 1.54) is 0 Å². The van der Waals surface area contributed by atoms with Crippen LogP contribution in [0.4, 0.5) is 0 Å². The van der Waals surface area contributed by atoms with Crippen molar-refractivity contribution in [2.24, 2.45) is 5.92 Å². The minimum absolute atomic E-state index is 0.274. The second-order valence-corrected chi connectivity index (χ2v) is 3.74. The zero-order valence-corrected chi connectivity index (χ0v) is 8.32. The van der Waals surface area contributed by atoms with E-state index in [4.69, 9.17) is 5.26 Å². The van der Waals surface area contributed by atoms with Crippen molar-refractivity contribution in [3.63, 3.8) is 0 Å². The highest BCUT2D eigenvalue weighted by Crippen LogP contribution is 2.31. The predicted molar refractivity (Wildman–Crippen MR) is 54.2 cm³/mol. The van der Waals surface area contributed by atoms with E-state index in [-0.39, 0.29) is 5.91 Å². The number of rotatable bonds is 1. The lowest BCUT2D eigenvalue weighted by Gasteiger charge is -2.25. The monoisotopic (exact) mass is 201 g/mol. The van der Waals surface area contributed by atoms with Crippen molar-refractivity contribution < 1.29 is 4.79 Å². The van der Waals surface area contributed by atoms with Gasteiger partial charge in [-0.05, 0) is 12.5 Å². The molecule has 1 aliphatic heterocycles. The minimum atomic E-state index is -0.695. The molecule has 0 spiro atoms. The van der Waals surface area contributed by atoms with Crippen LogP contribution in [0.2, 0.25) is 0 Å². The normalized spacial score (nSPS) is 29.6. The number of nitrogens with zero attached hydrogens (tertiary/aromatic N) is 1. The first-order valence-electron chi connectivity index (χ1n) is 4.70. The van der Waals surface area contributed by atoms with E-state index in [1.807, 2.05) is 43.3 Å². The average Bonchev–Trinajstić information content (AvgIpc) is 2.57. The van der Waals surface area contributed by atoms with Gasteiger partial charge in [-0.25, -0.2) is 5.43 Å². The molecule has 2 N–H and O–H groups in total. The smallest absolute Gasteiger partial charge is 0.253 e. The molecule has 0 radical (unpaired) electrons. The van der Waals surface area contributed by atoms with Gasteiger partial charge in [-0.2, -0.15) is 5.26 Å². The fourth-order valence-electron chi connectivity index (χ4n) is 1.81. The molecule has 1 aliphatic rings. The maximum absolute atomic E-state index is 11.4. The quantitative estimate of drug-likeness (QED) is 0.702. The number of hydrogen-bond donors (Lipinski definition) is 2. The third-order valence-electron chi connectivity index (χ3n) is 2.79. The van der Waals surface area contributed by atoms with Gasteiger partial charge in [-0.3, -0.25) is 10.2 Å². The number of benzene rings is 1. The molecule has 0 bridgehead atoms. The molecule has 4 nitrogen and oxygen atoms in total. The van der Waals surface area contributed by atoms with Crippen molar-refractivity contribution >= 4 is 5.91 Å². The Morgan fingerprint density at radius 3 is 2.67 bits per heavy atom. The van der Waals surface area contributed by atoms with Gasteiger partial charge in [0.1, 0.15) is 5.92 Å². The summed E-state index contributed by atoms with van der Waals surface area (Å²) < 4.78 is 0. The van der Waals surface area contributed by atoms with E-state index in [2.05, 4.69) is 10.9 Å². The summed E-state index contributed by atoms with van der Waals surface area (Å²) in [4.78, 5) is 11.4. The summed E-state index contributed by atoms with van der Waals surface area (Å²) in [6.07, 6.45) is 0. The molecule has 2 atom stereocenters. The second kappa shape index (κ2) is 3.37. The number of nitrogens with one attached hydrogen (secondary N) is 2. The van der Waals surface area contributed by atoms with Crippen molar-refractivity contribution in [2.45, 2.75) is 12.5 Å². The molecule has 0 aromatic heterocycles. The third kappa shape index (κ3) is 1.37. The van der Waals surface area contributed by atoms with Crippen LogP contribution in [0, 0.1) is 17.2 Å². The van der Waals surface area contributed by atoms with Crippen molar-refractivity contribution in [1.29, 1.82) is 5.26 Å². The largest absolute Gasteiger partial charge is 0.289 e. The Balaban J connectivity index is 2.44. The van der Waals surface area contributed by atoms with Gasteiger partial charge in [0, 0.05) is 0 Å². The highest BCUT2D eigenvalue weighted by molar-refractivity contribution is 5.84. The molecule has 0 saturated carbocycles. The van der Waals surface area contributed by atoms with Gasteiger partial charge in [0.15, 0.2) is 0 Å². The number of amides is 1. The maximum atomic E-state index is 11.4. The zero-order chi connectivity index (χ0) is 10.9. The Kier molecular flexibility index (Phi) is 2.18. The van der Waals surface area contributed by atoms with Crippen LogP contribution in [0.3, 0.4) is 0 Å². The van der Waals surface area contributed by atoms with Crippen molar-refractivity contribution in [1.82, 2.24) is 10.9 Å². The molecular formula is C11H11N3O. The van der Waals surface area contributed by atoms with Crippen LogP contribution in [0.1, 0.15) is 12.5 Å². The van der Waals surface area contributed by atoms with Gasteiger partial charge in [-0.1, -0.05) is 30.3 Å². The van der Waals surface area contributed by atoms with E-state index >= 15 is 0 Å². The number of carbonyl (C=O) groups is 1. The standard InChI is InChI=1S/C11H11N3O/c1-11(8-5-3-2-4-6-8)9(7-12)10(15)13-14-11/h2-6,9,14H,1H3,(H,13,15). The second-order valence-electron chi connectivity index (χ2n) is 3.74. The molecule has 4 heteroatoms. The zero-order valence-electron chi connectivity index (χ0n) is 8.32. The summed E-state index contributed by atoms with van der Waals surface area (Å²) in [6.45, 7) is 1.84. The first kappa shape index (κ1) is 9.69. The number of hydrogen-bond acceptors (Lipinski definition) is 3. The van der Waals surface area contributed by atoms with Crippen LogP contribution >= 0.6 is 0 Å². The van der Waals surface area contributed by atoms with Crippen LogP contribution < -0.4 is 10.9 Å². The lowest BCUT2D eigenvalue weighted by atomic mass is 9.82. The van der Waals surface area contributed by atoms with E-state index in [9.17, 15) is 4.79 Å². The fraction of sp³-hybridized carbons (Fsp3) is 0.273. The summed E-state index contributed by atoms with van der Waals surface area (Å²) in [5.41, 5.74) is 5.66. The van der Waals surface area contributed by atoms with Crippen LogP contribution in [-0.2, 0) is 10.3 Å². The molecule has 1 aromatic rings. The Labute approximate surface area is 87.9 Å². The Morgan fingerprint density at radius 1 is 1.40 bits per heavy atom. The van der Waals surface area contributed by atoms with Gasteiger partial charge in [0.25, 0.3) is 5.91 Å². The lowest BCUT2D eigenvalue weighted by molar-refractivity contribution is -0.121. The molecule has 1 aromatic carbocycles. The summed E-state index contributed by atoms with van der Waals surface area (Å²) in [5, 5.41) is 8.98. The first-order valence-corrected chi connectivity index (χ1v) is 4.70. The first-order chi connectivity index (χ1) is 7.18. The molecule has 1 saturated heterocycles. The average molecular weight is 201 g/mol.